The summed E-state index contributed by atoms with van der Waals surface area (Å²) in [5, 5.41) is 6.82. The summed E-state index contributed by atoms with van der Waals surface area (Å²) in [4.78, 5) is 15.4. The van der Waals surface area contributed by atoms with Crippen molar-refractivity contribution >= 4 is 22.4 Å². The number of nitrogens with zero attached hydrogens (tertiary/aromatic N) is 4. The van der Waals surface area contributed by atoms with E-state index in [9.17, 15) is 0 Å². The first-order valence-corrected chi connectivity index (χ1v) is 8.23. The van der Waals surface area contributed by atoms with E-state index in [2.05, 4.69) is 48.7 Å². The summed E-state index contributed by atoms with van der Waals surface area (Å²) in [6.07, 6.45) is 7.24. The molecular formula is C18H20N6. The molecule has 0 radical (unpaired) electrons. The predicted molar refractivity (Wildman–Crippen MR) is 96.2 cm³/mol. The van der Waals surface area contributed by atoms with Gasteiger partial charge < -0.3 is 15.5 Å². The van der Waals surface area contributed by atoms with Crippen molar-refractivity contribution in [3.8, 4) is 0 Å². The number of piperazine rings is 1. The summed E-state index contributed by atoms with van der Waals surface area (Å²) < 4.78 is 0. The van der Waals surface area contributed by atoms with Gasteiger partial charge in [-0.15, -0.1) is 0 Å². The van der Waals surface area contributed by atoms with Crippen LogP contribution in [0.3, 0.4) is 0 Å². The van der Waals surface area contributed by atoms with Gasteiger partial charge in [0.15, 0.2) is 0 Å². The van der Waals surface area contributed by atoms with Crippen molar-refractivity contribution in [2.75, 3.05) is 36.4 Å². The first kappa shape index (κ1) is 14.8. The molecule has 0 amide bonds. The van der Waals surface area contributed by atoms with Gasteiger partial charge in [0.2, 0.25) is 0 Å². The number of hydrogen-bond donors (Lipinski definition) is 2. The van der Waals surface area contributed by atoms with Crippen molar-refractivity contribution in [2.24, 2.45) is 0 Å². The molecule has 6 heteroatoms. The van der Waals surface area contributed by atoms with Gasteiger partial charge >= 0.3 is 0 Å². The summed E-state index contributed by atoms with van der Waals surface area (Å²) in [5.41, 5.74) is 5.22. The molecule has 1 fully saturated rings. The number of pyridine rings is 1. The monoisotopic (exact) mass is 320 g/mol. The summed E-state index contributed by atoms with van der Waals surface area (Å²) in [5.74, 6) is 0. The quantitative estimate of drug-likeness (QED) is 0.767. The van der Waals surface area contributed by atoms with E-state index < -0.39 is 0 Å². The Morgan fingerprint density at radius 2 is 1.83 bits per heavy atom. The molecule has 1 saturated heterocycles. The Balaban J connectivity index is 1.46. The minimum Gasteiger partial charge on any atom is -0.380 e. The highest BCUT2D eigenvalue weighted by Gasteiger charge is 2.11. The minimum atomic E-state index is 0.735. The van der Waals surface area contributed by atoms with E-state index in [0.29, 0.717) is 0 Å². The highest BCUT2D eigenvalue weighted by Crippen LogP contribution is 2.19. The van der Waals surface area contributed by atoms with Crippen LogP contribution in [0.4, 0.5) is 11.4 Å². The smallest absolute Gasteiger partial charge is 0.0890 e. The van der Waals surface area contributed by atoms with Gasteiger partial charge in [-0.25, -0.2) is 0 Å². The molecule has 0 atom stereocenters. The third-order valence-electron chi connectivity index (χ3n) is 4.24. The maximum absolute atomic E-state index is 4.38. The normalized spacial score (nSPS) is 14.8. The molecule has 24 heavy (non-hydrogen) atoms. The third-order valence-corrected chi connectivity index (χ3v) is 4.24. The van der Waals surface area contributed by atoms with Crippen LogP contribution in [0, 0.1) is 0 Å². The highest BCUT2D eigenvalue weighted by molar-refractivity contribution is 5.74. The number of rotatable bonds is 4. The molecule has 3 heterocycles. The number of fused-ring (bicyclic) bond motifs is 1. The SMILES string of the molecule is c1cnc2cc(CNc3cncc(N4CCNCC4)c3)ccc2n1. The molecule has 3 aromatic rings. The zero-order valence-electron chi connectivity index (χ0n) is 13.4. The van der Waals surface area contributed by atoms with E-state index in [-0.39, 0.29) is 0 Å². The zero-order chi connectivity index (χ0) is 16.2. The molecule has 6 nitrogen and oxygen atoms in total. The van der Waals surface area contributed by atoms with Crippen molar-refractivity contribution < 1.29 is 0 Å². The second-order valence-electron chi connectivity index (χ2n) is 5.90. The molecule has 0 spiro atoms. The van der Waals surface area contributed by atoms with Crippen LogP contribution in [0.25, 0.3) is 11.0 Å². The van der Waals surface area contributed by atoms with Crippen LogP contribution in [0.5, 0.6) is 0 Å². The number of anilines is 2. The predicted octanol–water partition coefficient (Wildman–Crippen LogP) is 2.05. The van der Waals surface area contributed by atoms with Crippen LogP contribution in [0.2, 0.25) is 0 Å². The number of benzene rings is 1. The average Bonchev–Trinajstić information content (AvgIpc) is 2.67. The fourth-order valence-corrected chi connectivity index (χ4v) is 2.94. The molecule has 1 aliphatic heterocycles. The van der Waals surface area contributed by atoms with E-state index in [1.165, 1.54) is 11.3 Å². The Morgan fingerprint density at radius 1 is 1.00 bits per heavy atom. The van der Waals surface area contributed by atoms with Crippen LogP contribution in [-0.2, 0) is 6.54 Å². The third kappa shape index (κ3) is 3.28. The largest absolute Gasteiger partial charge is 0.380 e. The molecule has 0 saturated carbocycles. The van der Waals surface area contributed by atoms with Gasteiger partial charge in [-0.2, -0.15) is 0 Å². The van der Waals surface area contributed by atoms with Gasteiger partial charge in [0.25, 0.3) is 0 Å². The van der Waals surface area contributed by atoms with Crippen molar-refractivity contribution in [3.63, 3.8) is 0 Å². The lowest BCUT2D eigenvalue weighted by Gasteiger charge is -2.29. The molecule has 1 aromatic carbocycles. The Morgan fingerprint density at radius 3 is 2.71 bits per heavy atom. The van der Waals surface area contributed by atoms with E-state index in [0.717, 1.165) is 49.4 Å². The Bertz CT molecular complexity index is 828. The maximum atomic E-state index is 4.38. The van der Waals surface area contributed by atoms with E-state index >= 15 is 0 Å². The van der Waals surface area contributed by atoms with Gasteiger partial charge in [0, 0.05) is 45.1 Å². The van der Waals surface area contributed by atoms with E-state index in [1.807, 2.05) is 18.5 Å². The van der Waals surface area contributed by atoms with E-state index in [4.69, 9.17) is 0 Å². The lowest BCUT2D eigenvalue weighted by molar-refractivity contribution is 0.589. The fourth-order valence-electron chi connectivity index (χ4n) is 2.94. The van der Waals surface area contributed by atoms with Crippen LogP contribution >= 0.6 is 0 Å². The summed E-state index contributed by atoms with van der Waals surface area (Å²) in [7, 11) is 0. The number of nitrogens with one attached hydrogen (secondary N) is 2. The van der Waals surface area contributed by atoms with Gasteiger partial charge in [0.05, 0.1) is 34.8 Å². The standard InChI is InChI=1S/C18H20N6/c1-2-17-18(22-4-3-21-17)9-14(1)11-23-15-10-16(13-20-12-15)24-7-5-19-6-8-24/h1-4,9-10,12-13,19,23H,5-8,11H2. The van der Waals surface area contributed by atoms with Crippen molar-refractivity contribution in [3.05, 3.63) is 54.6 Å². The van der Waals surface area contributed by atoms with Gasteiger partial charge in [-0.3, -0.25) is 15.0 Å². The lowest BCUT2D eigenvalue weighted by atomic mass is 10.2. The molecule has 2 N–H and O–H groups in total. The fraction of sp³-hybridized carbons (Fsp3) is 0.278. The Labute approximate surface area is 141 Å². The van der Waals surface area contributed by atoms with Crippen molar-refractivity contribution in [1.29, 1.82) is 0 Å². The second-order valence-corrected chi connectivity index (χ2v) is 5.90. The molecule has 0 aliphatic carbocycles. The molecule has 0 bridgehead atoms. The first-order chi connectivity index (χ1) is 11.9. The van der Waals surface area contributed by atoms with Gasteiger partial charge in [-0.05, 0) is 23.8 Å². The second kappa shape index (κ2) is 6.80. The first-order valence-electron chi connectivity index (χ1n) is 8.23. The number of aromatic nitrogens is 3. The molecule has 2 aromatic heterocycles. The minimum absolute atomic E-state index is 0.735. The van der Waals surface area contributed by atoms with Crippen LogP contribution < -0.4 is 15.5 Å². The topological polar surface area (TPSA) is 66.0 Å². The van der Waals surface area contributed by atoms with Crippen molar-refractivity contribution in [2.45, 2.75) is 6.54 Å². The van der Waals surface area contributed by atoms with Crippen molar-refractivity contribution in [1.82, 2.24) is 20.3 Å². The zero-order valence-corrected chi connectivity index (χ0v) is 13.4. The summed E-state index contributed by atoms with van der Waals surface area (Å²) >= 11 is 0. The van der Waals surface area contributed by atoms with Gasteiger partial charge in [0.1, 0.15) is 0 Å². The Hall–Kier alpha value is -2.73. The average molecular weight is 320 g/mol. The summed E-state index contributed by atoms with van der Waals surface area (Å²) in [6.45, 7) is 4.83. The molecule has 122 valence electrons. The Kier molecular flexibility index (Phi) is 4.20. The highest BCUT2D eigenvalue weighted by atomic mass is 15.2. The van der Waals surface area contributed by atoms with Gasteiger partial charge in [-0.1, -0.05) is 6.07 Å². The molecule has 1 aliphatic rings. The van der Waals surface area contributed by atoms with Crippen LogP contribution in [-0.4, -0.2) is 41.1 Å². The molecule has 4 rings (SSSR count). The molecular weight excluding hydrogens is 300 g/mol. The number of hydrogen-bond acceptors (Lipinski definition) is 6. The maximum Gasteiger partial charge on any atom is 0.0890 e. The van der Waals surface area contributed by atoms with Crippen LogP contribution in [0.1, 0.15) is 5.56 Å². The molecule has 0 unspecified atom stereocenters. The van der Waals surface area contributed by atoms with E-state index in [1.54, 1.807) is 12.4 Å². The van der Waals surface area contributed by atoms with Crippen LogP contribution in [0.15, 0.2) is 49.1 Å². The summed E-state index contributed by atoms with van der Waals surface area (Å²) in [6, 6.07) is 8.33. The lowest BCUT2D eigenvalue weighted by Crippen LogP contribution is -2.43.